The first-order chi connectivity index (χ1) is 8.25. The lowest BCUT2D eigenvalue weighted by molar-refractivity contribution is 0.667. The lowest BCUT2D eigenvalue weighted by Gasteiger charge is -2.14. The quantitative estimate of drug-likeness (QED) is 0.803. The van der Waals surface area contributed by atoms with Crippen molar-refractivity contribution in [1.29, 1.82) is 0 Å². The Hall–Kier alpha value is -1.31. The minimum absolute atomic E-state index is 0.235. The van der Waals surface area contributed by atoms with Crippen molar-refractivity contribution in [3.05, 3.63) is 69.7 Å². The van der Waals surface area contributed by atoms with Crippen LogP contribution in [-0.4, -0.2) is 0 Å². The number of rotatable bonds is 1. The largest absolute Gasteiger partial charge is 0.302 e. The molecule has 3 rings (SSSR count). The van der Waals surface area contributed by atoms with Crippen LogP contribution in [0.3, 0.4) is 0 Å². The summed E-state index contributed by atoms with van der Waals surface area (Å²) in [5, 5.41) is 4.35. The summed E-state index contributed by atoms with van der Waals surface area (Å²) in [5.41, 5.74) is 5.21. The van der Waals surface area contributed by atoms with Gasteiger partial charge in [-0.2, -0.15) is 0 Å². The Kier molecular flexibility index (Phi) is 2.65. The molecule has 0 bridgehead atoms. The molecule has 1 aliphatic heterocycles. The van der Waals surface area contributed by atoms with E-state index in [0.717, 1.165) is 17.1 Å². The molecule has 0 saturated heterocycles. The number of hydrogen-bond acceptors (Lipinski definition) is 1. The Balaban J connectivity index is 2.07. The van der Waals surface area contributed by atoms with Gasteiger partial charge in [-0.05, 0) is 29.7 Å². The summed E-state index contributed by atoms with van der Waals surface area (Å²) in [6.45, 7) is 3.05. The molecule has 0 aromatic heterocycles. The topological polar surface area (TPSA) is 12.0 Å². The molecule has 1 atom stereocenters. The maximum Gasteiger partial charge on any atom is 0.0597 e. The van der Waals surface area contributed by atoms with Crippen LogP contribution in [0.1, 0.15) is 28.3 Å². The minimum Gasteiger partial charge on any atom is -0.302 e. The van der Waals surface area contributed by atoms with Gasteiger partial charge >= 0.3 is 0 Å². The van der Waals surface area contributed by atoms with Crippen LogP contribution in [0.5, 0.6) is 0 Å². The fourth-order valence-corrected chi connectivity index (χ4v) is 2.72. The van der Waals surface area contributed by atoms with E-state index in [1.165, 1.54) is 16.7 Å². The van der Waals surface area contributed by atoms with E-state index in [4.69, 9.17) is 11.6 Å². The van der Waals surface area contributed by atoms with Crippen LogP contribution in [-0.2, 0) is 6.54 Å². The average Bonchev–Trinajstić information content (AvgIpc) is 2.72. The van der Waals surface area contributed by atoms with Crippen molar-refractivity contribution < 1.29 is 0 Å². The van der Waals surface area contributed by atoms with Crippen molar-refractivity contribution in [2.45, 2.75) is 19.5 Å². The van der Waals surface area contributed by atoms with Crippen LogP contribution in [0.15, 0.2) is 42.5 Å². The van der Waals surface area contributed by atoms with Gasteiger partial charge in [0.25, 0.3) is 0 Å². The van der Waals surface area contributed by atoms with E-state index in [9.17, 15) is 0 Å². The minimum atomic E-state index is 0.235. The standard InChI is InChI=1S/C15H14ClN/c1-10-6-7-12-11(8-10)9-17-15(12)13-4-2-3-5-14(13)16/h2-8,15,17H,9H2,1H3. The van der Waals surface area contributed by atoms with Gasteiger partial charge in [-0.15, -0.1) is 0 Å². The second-order valence-electron chi connectivity index (χ2n) is 4.54. The van der Waals surface area contributed by atoms with E-state index in [1.807, 2.05) is 18.2 Å². The first kappa shape index (κ1) is 10.8. The molecule has 0 aliphatic carbocycles. The van der Waals surface area contributed by atoms with Gasteiger partial charge in [0.15, 0.2) is 0 Å². The monoisotopic (exact) mass is 243 g/mol. The van der Waals surface area contributed by atoms with E-state index < -0.39 is 0 Å². The lowest BCUT2D eigenvalue weighted by Crippen LogP contribution is -2.13. The number of halogens is 1. The van der Waals surface area contributed by atoms with Gasteiger partial charge in [0, 0.05) is 11.6 Å². The van der Waals surface area contributed by atoms with E-state index in [0.29, 0.717) is 0 Å². The van der Waals surface area contributed by atoms with Crippen LogP contribution in [0, 0.1) is 6.92 Å². The maximum atomic E-state index is 6.26. The highest BCUT2D eigenvalue weighted by Gasteiger charge is 2.24. The van der Waals surface area contributed by atoms with Gasteiger partial charge < -0.3 is 5.32 Å². The number of benzene rings is 2. The second-order valence-corrected chi connectivity index (χ2v) is 4.94. The third-order valence-electron chi connectivity index (χ3n) is 3.32. The predicted molar refractivity (Wildman–Crippen MR) is 71.3 cm³/mol. The smallest absolute Gasteiger partial charge is 0.0597 e. The summed E-state index contributed by atoms with van der Waals surface area (Å²) in [4.78, 5) is 0. The Bertz CT molecular complexity index is 563. The van der Waals surface area contributed by atoms with Gasteiger partial charge in [-0.25, -0.2) is 0 Å². The van der Waals surface area contributed by atoms with Crippen LogP contribution in [0.2, 0.25) is 5.02 Å². The first-order valence-electron chi connectivity index (χ1n) is 5.83. The Labute approximate surface area is 106 Å². The molecule has 2 aromatic carbocycles. The molecule has 0 fully saturated rings. The van der Waals surface area contributed by atoms with Crippen LogP contribution in [0.25, 0.3) is 0 Å². The Morgan fingerprint density at radius 2 is 1.94 bits per heavy atom. The third-order valence-corrected chi connectivity index (χ3v) is 3.67. The molecule has 0 spiro atoms. The fourth-order valence-electron chi connectivity index (χ4n) is 2.48. The number of nitrogens with one attached hydrogen (secondary N) is 1. The number of aryl methyl sites for hydroxylation is 1. The zero-order valence-corrected chi connectivity index (χ0v) is 10.5. The molecule has 1 nitrogen and oxygen atoms in total. The highest BCUT2D eigenvalue weighted by Crippen LogP contribution is 2.34. The molecular formula is C15H14ClN. The summed E-state index contributed by atoms with van der Waals surface area (Å²) in [6.07, 6.45) is 0. The van der Waals surface area contributed by atoms with E-state index in [2.05, 4.69) is 36.5 Å². The van der Waals surface area contributed by atoms with Crippen molar-refractivity contribution >= 4 is 11.6 Å². The van der Waals surface area contributed by atoms with Gasteiger partial charge in [-0.3, -0.25) is 0 Å². The lowest BCUT2D eigenvalue weighted by atomic mass is 9.97. The third kappa shape index (κ3) is 1.86. The molecule has 2 aromatic rings. The summed E-state index contributed by atoms with van der Waals surface area (Å²) >= 11 is 6.26. The van der Waals surface area contributed by atoms with Crippen molar-refractivity contribution in [3.63, 3.8) is 0 Å². The van der Waals surface area contributed by atoms with E-state index >= 15 is 0 Å². The van der Waals surface area contributed by atoms with Crippen molar-refractivity contribution in [1.82, 2.24) is 5.32 Å². The van der Waals surface area contributed by atoms with Crippen LogP contribution in [0.4, 0.5) is 0 Å². The van der Waals surface area contributed by atoms with Gasteiger partial charge in [0.1, 0.15) is 0 Å². The molecule has 1 aliphatic rings. The van der Waals surface area contributed by atoms with Crippen LogP contribution >= 0.6 is 11.6 Å². The zero-order valence-electron chi connectivity index (χ0n) is 9.70. The van der Waals surface area contributed by atoms with Crippen molar-refractivity contribution in [3.8, 4) is 0 Å². The number of hydrogen-bond donors (Lipinski definition) is 1. The molecular weight excluding hydrogens is 230 g/mol. The van der Waals surface area contributed by atoms with Crippen molar-refractivity contribution in [2.24, 2.45) is 0 Å². The van der Waals surface area contributed by atoms with Gasteiger partial charge in [-0.1, -0.05) is 53.6 Å². The molecule has 17 heavy (non-hydrogen) atoms. The van der Waals surface area contributed by atoms with Crippen LogP contribution < -0.4 is 5.32 Å². The van der Waals surface area contributed by atoms with Gasteiger partial charge in [0.2, 0.25) is 0 Å². The molecule has 0 saturated carbocycles. The molecule has 0 radical (unpaired) electrons. The highest BCUT2D eigenvalue weighted by molar-refractivity contribution is 6.31. The molecule has 86 valence electrons. The van der Waals surface area contributed by atoms with Crippen molar-refractivity contribution in [2.75, 3.05) is 0 Å². The predicted octanol–water partition coefficient (Wildman–Crippen LogP) is 3.84. The SMILES string of the molecule is Cc1ccc2c(c1)CNC2c1ccccc1Cl. The summed E-state index contributed by atoms with van der Waals surface area (Å²) in [6, 6.07) is 14.9. The molecule has 1 heterocycles. The van der Waals surface area contributed by atoms with E-state index in [1.54, 1.807) is 0 Å². The molecule has 0 amide bonds. The van der Waals surface area contributed by atoms with E-state index in [-0.39, 0.29) is 6.04 Å². The molecule has 1 unspecified atom stereocenters. The second kappa shape index (κ2) is 4.17. The number of fused-ring (bicyclic) bond motifs is 1. The molecule has 2 heteroatoms. The zero-order chi connectivity index (χ0) is 11.8. The highest BCUT2D eigenvalue weighted by atomic mass is 35.5. The summed E-state index contributed by atoms with van der Waals surface area (Å²) in [7, 11) is 0. The first-order valence-corrected chi connectivity index (χ1v) is 6.21. The fraction of sp³-hybridized carbons (Fsp3) is 0.200. The van der Waals surface area contributed by atoms with Gasteiger partial charge in [0.05, 0.1) is 6.04 Å². The normalized spacial score (nSPS) is 18.1. The summed E-state index contributed by atoms with van der Waals surface area (Å²) < 4.78 is 0. The Morgan fingerprint density at radius 3 is 2.76 bits per heavy atom. The summed E-state index contributed by atoms with van der Waals surface area (Å²) in [5.74, 6) is 0. The Morgan fingerprint density at radius 1 is 1.12 bits per heavy atom. The molecule has 1 N–H and O–H groups in total. The maximum absolute atomic E-state index is 6.26. The average molecular weight is 244 g/mol.